The molecule has 0 aromatic carbocycles. The molecule has 3 N–H and O–H groups in total. The molecule has 0 aliphatic heterocycles. The maximum atomic E-state index is 5.54. The zero-order valence-corrected chi connectivity index (χ0v) is 10.6. The zero-order chi connectivity index (χ0) is 12.9. The molecule has 0 atom stereocenters. The Kier molecular flexibility index (Phi) is 4.45. The number of anilines is 1. The van der Waals surface area contributed by atoms with Gasteiger partial charge < -0.3 is 20.5 Å². The fraction of sp³-hybridized carbons (Fsp3) is 0.700. The predicted octanol–water partition coefficient (Wildman–Crippen LogP) is 0.428. The summed E-state index contributed by atoms with van der Waals surface area (Å²) in [6.45, 7) is 4.62. The number of hydrogen-bond donors (Lipinski definition) is 2. The number of nitrogens with one attached hydrogen (secondary N) is 1. The number of methoxy groups -OCH3 is 2. The molecule has 1 heterocycles. The third-order valence-corrected chi connectivity index (χ3v) is 2.18. The highest BCUT2D eigenvalue weighted by Crippen LogP contribution is 2.18. The van der Waals surface area contributed by atoms with Crippen molar-refractivity contribution in [1.82, 2.24) is 15.0 Å². The highest BCUT2D eigenvalue weighted by atomic mass is 16.5. The van der Waals surface area contributed by atoms with Crippen molar-refractivity contribution in [3.8, 4) is 12.0 Å². The Labute approximate surface area is 101 Å². The molecule has 1 rings (SSSR count). The van der Waals surface area contributed by atoms with E-state index in [1.54, 1.807) is 0 Å². The number of ether oxygens (including phenoxy) is 2. The molecule has 0 bridgehead atoms. The number of nitrogens with two attached hydrogens (primary N) is 1. The summed E-state index contributed by atoms with van der Waals surface area (Å²) in [5, 5.41) is 3.17. The highest BCUT2D eigenvalue weighted by molar-refractivity contribution is 5.30. The molecule has 0 spiro atoms. The van der Waals surface area contributed by atoms with Crippen molar-refractivity contribution in [2.75, 3.05) is 26.1 Å². The van der Waals surface area contributed by atoms with Gasteiger partial charge in [0.1, 0.15) is 0 Å². The molecule has 0 saturated carbocycles. The smallest absolute Gasteiger partial charge is 0.324 e. The lowest BCUT2D eigenvalue weighted by molar-refractivity contribution is 0.340. The minimum absolute atomic E-state index is 0.202. The van der Waals surface area contributed by atoms with Crippen molar-refractivity contribution in [3.63, 3.8) is 0 Å². The second-order valence-electron chi connectivity index (χ2n) is 4.18. The molecule has 0 saturated heterocycles. The maximum absolute atomic E-state index is 5.54. The van der Waals surface area contributed by atoms with E-state index >= 15 is 0 Å². The molecule has 7 heteroatoms. The van der Waals surface area contributed by atoms with Gasteiger partial charge in [-0.2, -0.15) is 9.97 Å². The van der Waals surface area contributed by atoms with Crippen LogP contribution in [0.1, 0.15) is 20.3 Å². The average Bonchev–Trinajstić information content (AvgIpc) is 2.27. The van der Waals surface area contributed by atoms with Crippen LogP contribution in [0.2, 0.25) is 0 Å². The van der Waals surface area contributed by atoms with Gasteiger partial charge >= 0.3 is 12.0 Å². The summed E-state index contributed by atoms with van der Waals surface area (Å²) in [6.07, 6.45) is 0.795. The Morgan fingerprint density at radius 2 is 1.65 bits per heavy atom. The summed E-state index contributed by atoms with van der Waals surface area (Å²) in [4.78, 5) is 12.1. The highest BCUT2D eigenvalue weighted by Gasteiger charge is 2.19. The Morgan fingerprint density at radius 1 is 1.12 bits per heavy atom. The molecule has 0 aliphatic rings. The van der Waals surface area contributed by atoms with Gasteiger partial charge in [-0.1, -0.05) is 0 Å². The van der Waals surface area contributed by atoms with E-state index in [0.717, 1.165) is 6.42 Å². The molecule has 96 valence electrons. The van der Waals surface area contributed by atoms with E-state index in [1.807, 2.05) is 13.8 Å². The molecular formula is C10H19N5O2. The fourth-order valence-electron chi connectivity index (χ4n) is 1.30. The van der Waals surface area contributed by atoms with E-state index in [9.17, 15) is 0 Å². The first-order valence-electron chi connectivity index (χ1n) is 5.33. The Hall–Kier alpha value is -1.63. The fourth-order valence-corrected chi connectivity index (χ4v) is 1.30. The van der Waals surface area contributed by atoms with Gasteiger partial charge in [-0.3, -0.25) is 0 Å². The van der Waals surface area contributed by atoms with Crippen molar-refractivity contribution in [1.29, 1.82) is 0 Å². The van der Waals surface area contributed by atoms with E-state index in [-0.39, 0.29) is 17.6 Å². The van der Waals surface area contributed by atoms with Crippen molar-refractivity contribution >= 4 is 5.95 Å². The second kappa shape index (κ2) is 5.62. The third kappa shape index (κ3) is 4.03. The molecule has 0 radical (unpaired) electrons. The SMILES string of the molecule is COc1nc(NC(C)(C)CCN)nc(OC)n1. The van der Waals surface area contributed by atoms with Crippen LogP contribution < -0.4 is 20.5 Å². The molecule has 1 aromatic heterocycles. The largest absolute Gasteiger partial charge is 0.467 e. The standard InChI is InChI=1S/C10H19N5O2/c1-10(2,5-6-11)15-7-12-8(16-3)14-9(13-7)17-4/h5-6,11H2,1-4H3,(H,12,13,14,15). The number of nitrogens with zero attached hydrogens (tertiary/aromatic N) is 3. The topological polar surface area (TPSA) is 95.2 Å². The van der Waals surface area contributed by atoms with E-state index < -0.39 is 0 Å². The molecule has 0 amide bonds. The van der Waals surface area contributed by atoms with Gasteiger partial charge in [0, 0.05) is 5.54 Å². The van der Waals surface area contributed by atoms with Crippen LogP contribution in [0.3, 0.4) is 0 Å². The quantitative estimate of drug-likeness (QED) is 0.745. The van der Waals surface area contributed by atoms with Gasteiger partial charge in [0.25, 0.3) is 0 Å². The third-order valence-electron chi connectivity index (χ3n) is 2.18. The lowest BCUT2D eigenvalue weighted by Crippen LogP contribution is -2.34. The monoisotopic (exact) mass is 241 g/mol. The van der Waals surface area contributed by atoms with Gasteiger partial charge in [0.15, 0.2) is 0 Å². The molecule has 0 fully saturated rings. The minimum atomic E-state index is -0.202. The Morgan fingerprint density at radius 3 is 2.06 bits per heavy atom. The van der Waals surface area contributed by atoms with E-state index in [1.165, 1.54) is 14.2 Å². The van der Waals surface area contributed by atoms with Crippen molar-refractivity contribution in [2.24, 2.45) is 5.73 Å². The Balaban J connectivity index is 2.89. The van der Waals surface area contributed by atoms with Crippen LogP contribution in [0, 0.1) is 0 Å². The van der Waals surface area contributed by atoms with Crippen LogP contribution in [0.4, 0.5) is 5.95 Å². The molecule has 7 nitrogen and oxygen atoms in total. The van der Waals surface area contributed by atoms with Crippen LogP contribution >= 0.6 is 0 Å². The average molecular weight is 241 g/mol. The summed E-state index contributed by atoms with van der Waals surface area (Å²) in [6, 6.07) is 0.422. The van der Waals surface area contributed by atoms with E-state index in [2.05, 4.69) is 20.3 Å². The molecular weight excluding hydrogens is 222 g/mol. The van der Waals surface area contributed by atoms with Crippen molar-refractivity contribution in [2.45, 2.75) is 25.8 Å². The first-order chi connectivity index (χ1) is 8.00. The lowest BCUT2D eigenvalue weighted by Gasteiger charge is -2.25. The van der Waals surface area contributed by atoms with Crippen LogP contribution in [0.15, 0.2) is 0 Å². The summed E-state index contributed by atoms with van der Waals surface area (Å²) in [5.41, 5.74) is 5.34. The lowest BCUT2D eigenvalue weighted by atomic mass is 10.0. The first kappa shape index (κ1) is 13.4. The molecule has 17 heavy (non-hydrogen) atoms. The second-order valence-corrected chi connectivity index (χ2v) is 4.18. The van der Waals surface area contributed by atoms with Gasteiger partial charge in [0.05, 0.1) is 14.2 Å². The molecule has 1 aromatic rings. The van der Waals surface area contributed by atoms with Crippen LogP contribution in [-0.4, -0.2) is 41.3 Å². The van der Waals surface area contributed by atoms with Crippen molar-refractivity contribution < 1.29 is 9.47 Å². The zero-order valence-electron chi connectivity index (χ0n) is 10.6. The first-order valence-corrected chi connectivity index (χ1v) is 5.33. The van der Waals surface area contributed by atoms with Gasteiger partial charge in [-0.15, -0.1) is 4.98 Å². The molecule has 0 unspecified atom stereocenters. The summed E-state index contributed by atoms with van der Waals surface area (Å²) in [7, 11) is 2.98. The summed E-state index contributed by atoms with van der Waals surface area (Å²) < 4.78 is 9.93. The van der Waals surface area contributed by atoms with Gasteiger partial charge in [0.2, 0.25) is 5.95 Å². The number of aromatic nitrogens is 3. The maximum Gasteiger partial charge on any atom is 0.324 e. The van der Waals surface area contributed by atoms with E-state index in [0.29, 0.717) is 12.5 Å². The van der Waals surface area contributed by atoms with Gasteiger partial charge in [-0.25, -0.2) is 0 Å². The van der Waals surface area contributed by atoms with Crippen LogP contribution in [0.25, 0.3) is 0 Å². The van der Waals surface area contributed by atoms with Crippen LogP contribution in [0.5, 0.6) is 12.0 Å². The summed E-state index contributed by atoms with van der Waals surface area (Å²) >= 11 is 0. The summed E-state index contributed by atoms with van der Waals surface area (Å²) in [5.74, 6) is 0.409. The minimum Gasteiger partial charge on any atom is -0.467 e. The van der Waals surface area contributed by atoms with Crippen molar-refractivity contribution in [3.05, 3.63) is 0 Å². The van der Waals surface area contributed by atoms with Crippen LogP contribution in [-0.2, 0) is 0 Å². The predicted molar refractivity (Wildman–Crippen MR) is 64.3 cm³/mol. The number of rotatable bonds is 6. The normalized spacial score (nSPS) is 11.1. The van der Waals surface area contributed by atoms with Gasteiger partial charge in [-0.05, 0) is 26.8 Å². The van der Waals surface area contributed by atoms with E-state index in [4.69, 9.17) is 15.2 Å². The Bertz CT molecular complexity index is 347. The number of hydrogen-bond acceptors (Lipinski definition) is 7. The molecule has 0 aliphatic carbocycles.